The number of piperidine rings is 1. The molecule has 0 spiro atoms. The van der Waals surface area contributed by atoms with Gasteiger partial charge in [0.25, 0.3) is 0 Å². The van der Waals surface area contributed by atoms with E-state index in [0.29, 0.717) is 11.6 Å². The Morgan fingerprint density at radius 3 is 2.64 bits per heavy atom. The SMILES string of the molecule is Cl.NC1CCCN(C(=O)C2(c3cccc(Cl)c3)CCCC2)C1. The van der Waals surface area contributed by atoms with Crippen molar-refractivity contribution in [3.8, 4) is 0 Å². The lowest BCUT2D eigenvalue weighted by Gasteiger charge is -2.38. The summed E-state index contributed by atoms with van der Waals surface area (Å²) in [5.41, 5.74) is 6.76. The number of nitrogens with zero attached hydrogens (tertiary/aromatic N) is 1. The first-order valence-corrected chi connectivity index (χ1v) is 8.31. The first kappa shape index (κ1) is 17.6. The summed E-state index contributed by atoms with van der Waals surface area (Å²) >= 11 is 6.15. The van der Waals surface area contributed by atoms with Gasteiger partial charge in [0, 0.05) is 24.2 Å². The second kappa shape index (κ2) is 7.20. The number of rotatable bonds is 2. The molecule has 0 bridgehead atoms. The van der Waals surface area contributed by atoms with Gasteiger partial charge < -0.3 is 10.6 Å². The van der Waals surface area contributed by atoms with Gasteiger partial charge in [-0.05, 0) is 43.4 Å². The van der Waals surface area contributed by atoms with Crippen LogP contribution in [-0.2, 0) is 10.2 Å². The molecule has 2 fully saturated rings. The van der Waals surface area contributed by atoms with Crippen LogP contribution in [0.2, 0.25) is 5.02 Å². The molecule has 1 aromatic rings. The molecule has 22 heavy (non-hydrogen) atoms. The Bertz CT molecular complexity index is 529. The Morgan fingerprint density at radius 2 is 2.00 bits per heavy atom. The quantitative estimate of drug-likeness (QED) is 0.893. The van der Waals surface area contributed by atoms with Crippen LogP contribution in [0, 0.1) is 0 Å². The minimum atomic E-state index is -0.373. The van der Waals surface area contributed by atoms with Gasteiger partial charge in [0.05, 0.1) is 5.41 Å². The van der Waals surface area contributed by atoms with Crippen LogP contribution in [0.4, 0.5) is 0 Å². The van der Waals surface area contributed by atoms with Gasteiger partial charge in [-0.1, -0.05) is 36.6 Å². The zero-order valence-electron chi connectivity index (χ0n) is 12.8. The molecular formula is C17H24Cl2N2O. The molecule has 1 saturated carbocycles. The second-order valence-corrected chi connectivity index (χ2v) is 6.89. The first-order chi connectivity index (χ1) is 10.1. The summed E-state index contributed by atoms with van der Waals surface area (Å²) in [7, 11) is 0. The molecule has 5 heteroatoms. The van der Waals surface area contributed by atoms with E-state index in [2.05, 4.69) is 6.07 Å². The molecule has 1 saturated heterocycles. The number of hydrogen-bond donors (Lipinski definition) is 1. The van der Waals surface area contributed by atoms with Gasteiger partial charge in [0.2, 0.25) is 5.91 Å². The maximum atomic E-state index is 13.2. The normalized spacial score (nSPS) is 23.9. The molecule has 3 rings (SSSR count). The smallest absolute Gasteiger partial charge is 0.233 e. The summed E-state index contributed by atoms with van der Waals surface area (Å²) in [5.74, 6) is 0.261. The number of carbonyl (C=O) groups excluding carboxylic acids is 1. The monoisotopic (exact) mass is 342 g/mol. The van der Waals surface area contributed by atoms with Gasteiger partial charge in [-0.25, -0.2) is 0 Å². The standard InChI is InChI=1S/C17H23ClN2O.ClH/c18-14-6-3-5-13(11-14)17(8-1-2-9-17)16(21)20-10-4-7-15(19)12-20;/h3,5-6,11,15H,1-2,4,7-10,12,19H2;1H. The van der Waals surface area contributed by atoms with E-state index in [1.807, 2.05) is 23.1 Å². The lowest BCUT2D eigenvalue weighted by atomic mass is 9.77. The first-order valence-electron chi connectivity index (χ1n) is 7.93. The minimum Gasteiger partial charge on any atom is -0.340 e. The fourth-order valence-corrected chi connectivity index (χ4v) is 4.08. The average molecular weight is 343 g/mol. The zero-order valence-corrected chi connectivity index (χ0v) is 14.3. The van der Waals surface area contributed by atoms with Crippen molar-refractivity contribution in [2.24, 2.45) is 5.73 Å². The van der Waals surface area contributed by atoms with Gasteiger partial charge in [0.1, 0.15) is 0 Å². The van der Waals surface area contributed by atoms with Crippen molar-refractivity contribution in [1.82, 2.24) is 4.90 Å². The molecule has 1 amide bonds. The molecule has 1 atom stereocenters. The lowest BCUT2D eigenvalue weighted by molar-refractivity contribution is -0.138. The van der Waals surface area contributed by atoms with Crippen LogP contribution in [0.15, 0.2) is 24.3 Å². The number of likely N-dealkylation sites (tertiary alicyclic amines) is 1. The van der Waals surface area contributed by atoms with Crippen LogP contribution in [0.25, 0.3) is 0 Å². The van der Waals surface area contributed by atoms with Gasteiger partial charge in [0.15, 0.2) is 0 Å². The van der Waals surface area contributed by atoms with Crippen molar-refractivity contribution in [3.05, 3.63) is 34.9 Å². The largest absolute Gasteiger partial charge is 0.340 e. The highest BCUT2D eigenvalue weighted by molar-refractivity contribution is 6.30. The molecule has 0 radical (unpaired) electrons. The lowest BCUT2D eigenvalue weighted by Crippen LogP contribution is -2.52. The Morgan fingerprint density at radius 1 is 1.27 bits per heavy atom. The predicted molar refractivity (Wildman–Crippen MR) is 92.6 cm³/mol. The highest BCUT2D eigenvalue weighted by Gasteiger charge is 2.45. The number of carbonyl (C=O) groups is 1. The molecule has 1 aliphatic carbocycles. The highest BCUT2D eigenvalue weighted by Crippen LogP contribution is 2.43. The minimum absolute atomic E-state index is 0. The topological polar surface area (TPSA) is 46.3 Å². The Labute approximate surface area is 143 Å². The summed E-state index contributed by atoms with van der Waals surface area (Å²) in [6.45, 7) is 1.54. The van der Waals surface area contributed by atoms with E-state index in [1.165, 1.54) is 0 Å². The molecule has 1 aromatic carbocycles. The number of nitrogens with two attached hydrogens (primary N) is 1. The van der Waals surface area contributed by atoms with Crippen molar-refractivity contribution < 1.29 is 4.79 Å². The summed E-state index contributed by atoms with van der Waals surface area (Å²) in [6.07, 6.45) is 6.11. The molecule has 1 aliphatic heterocycles. The van der Waals surface area contributed by atoms with E-state index in [1.54, 1.807) is 0 Å². The number of amides is 1. The second-order valence-electron chi connectivity index (χ2n) is 6.45. The van der Waals surface area contributed by atoms with Crippen LogP contribution in [-0.4, -0.2) is 29.9 Å². The summed E-state index contributed by atoms with van der Waals surface area (Å²) in [5, 5.41) is 0.710. The Hall–Kier alpha value is -0.770. The third kappa shape index (κ3) is 3.27. The Kier molecular flexibility index (Phi) is 5.76. The van der Waals surface area contributed by atoms with Crippen molar-refractivity contribution in [2.75, 3.05) is 13.1 Å². The van der Waals surface area contributed by atoms with E-state index < -0.39 is 0 Å². The van der Waals surface area contributed by atoms with Crippen molar-refractivity contribution in [1.29, 1.82) is 0 Å². The van der Waals surface area contributed by atoms with E-state index in [-0.39, 0.29) is 29.8 Å². The molecule has 2 aliphatic rings. The molecule has 2 N–H and O–H groups in total. The maximum absolute atomic E-state index is 13.2. The van der Waals surface area contributed by atoms with E-state index in [0.717, 1.165) is 50.6 Å². The van der Waals surface area contributed by atoms with Crippen molar-refractivity contribution >= 4 is 29.9 Å². The molecular weight excluding hydrogens is 319 g/mol. The highest BCUT2D eigenvalue weighted by atomic mass is 35.5. The third-order valence-corrected chi connectivity index (χ3v) is 5.22. The third-order valence-electron chi connectivity index (χ3n) is 4.99. The fraction of sp³-hybridized carbons (Fsp3) is 0.588. The number of hydrogen-bond acceptors (Lipinski definition) is 2. The molecule has 1 unspecified atom stereocenters. The average Bonchev–Trinajstić information content (AvgIpc) is 2.97. The fourth-order valence-electron chi connectivity index (χ4n) is 3.89. The van der Waals surface area contributed by atoms with Crippen LogP contribution in [0.1, 0.15) is 44.1 Å². The number of benzene rings is 1. The summed E-state index contributed by atoms with van der Waals surface area (Å²) in [6, 6.07) is 7.97. The number of halogens is 2. The van der Waals surface area contributed by atoms with Crippen LogP contribution >= 0.6 is 24.0 Å². The van der Waals surface area contributed by atoms with Crippen LogP contribution in [0.3, 0.4) is 0 Å². The molecule has 122 valence electrons. The zero-order chi connectivity index (χ0) is 14.9. The van der Waals surface area contributed by atoms with Gasteiger partial charge in [-0.3, -0.25) is 4.79 Å². The van der Waals surface area contributed by atoms with E-state index >= 15 is 0 Å². The summed E-state index contributed by atoms with van der Waals surface area (Å²) in [4.78, 5) is 15.2. The maximum Gasteiger partial charge on any atom is 0.233 e. The van der Waals surface area contributed by atoms with Gasteiger partial charge in [-0.15, -0.1) is 12.4 Å². The Balaban J connectivity index is 0.00000176. The molecule has 1 heterocycles. The van der Waals surface area contributed by atoms with Crippen LogP contribution < -0.4 is 5.73 Å². The molecule has 3 nitrogen and oxygen atoms in total. The van der Waals surface area contributed by atoms with Crippen molar-refractivity contribution in [3.63, 3.8) is 0 Å². The van der Waals surface area contributed by atoms with E-state index in [9.17, 15) is 4.79 Å². The summed E-state index contributed by atoms with van der Waals surface area (Å²) < 4.78 is 0. The van der Waals surface area contributed by atoms with Gasteiger partial charge in [-0.2, -0.15) is 0 Å². The molecule has 0 aromatic heterocycles. The van der Waals surface area contributed by atoms with Crippen molar-refractivity contribution in [2.45, 2.75) is 50.0 Å². The predicted octanol–water partition coefficient (Wildman–Crippen LogP) is 3.52. The van der Waals surface area contributed by atoms with Crippen LogP contribution in [0.5, 0.6) is 0 Å². The van der Waals surface area contributed by atoms with E-state index in [4.69, 9.17) is 17.3 Å². The van der Waals surface area contributed by atoms with Gasteiger partial charge >= 0.3 is 0 Å².